The second-order valence-electron chi connectivity index (χ2n) is 16.4. The highest BCUT2D eigenvalue weighted by Gasteiger charge is 2.47. The van der Waals surface area contributed by atoms with Crippen molar-refractivity contribution in [2.75, 3.05) is 38.7 Å². The Bertz CT molecular complexity index is 1700. The predicted molar refractivity (Wildman–Crippen MR) is 205 cm³/mol. The molecule has 1 N–H and O–H groups in total. The Hall–Kier alpha value is -3.43. The van der Waals surface area contributed by atoms with E-state index in [0.717, 1.165) is 46.0 Å². The summed E-state index contributed by atoms with van der Waals surface area (Å²) < 4.78 is 20.1. The molecular formula is C38H55N5O5Si2. The molecule has 3 aromatic heterocycles. The molecule has 1 saturated carbocycles. The number of carboxylic acid groups (broad SMARTS) is 1. The van der Waals surface area contributed by atoms with Crippen LogP contribution in [0.4, 0.5) is 5.82 Å². The van der Waals surface area contributed by atoms with Gasteiger partial charge in [-0.3, -0.25) is 4.98 Å². The van der Waals surface area contributed by atoms with Crippen LogP contribution in [-0.2, 0) is 24.4 Å². The van der Waals surface area contributed by atoms with Gasteiger partial charge < -0.3 is 24.2 Å². The Morgan fingerprint density at radius 1 is 0.880 bits per heavy atom. The van der Waals surface area contributed by atoms with Crippen molar-refractivity contribution < 1.29 is 24.1 Å². The number of fused-ring (bicyclic) bond motifs is 1. The van der Waals surface area contributed by atoms with Gasteiger partial charge >= 0.3 is 5.97 Å². The minimum absolute atomic E-state index is 0.348. The van der Waals surface area contributed by atoms with Gasteiger partial charge in [0.2, 0.25) is 0 Å². The lowest BCUT2D eigenvalue weighted by Crippen LogP contribution is -2.47. The van der Waals surface area contributed by atoms with E-state index in [1.807, 2.05) is 41.2 Å². The molecule has 0 saturated heterocycles. The Balaban J connectivity index is 1.56. The van der Waals surface area contributed by atoms with E-state index in [1.165, 1.54) is 7.11 Å². The van der Waals surface area contributed by atoms with Crippen LogP contribution in [0.1, 0.15) is 38.3 Å². The number of aromatic nitrogens is 4. The summed E-state index contributed by atoms with van der Waals surface area (Å²) in [6, 6.07) is 18.5. The second kappa shape index (κ2) is 15.4. The largest absolute Gasteiger partial charge is 0.479 e. The summed E-state index contributed by atoms with van der Waals surface area (Å²) in [5, 5.41) is 14.9. The third-order valence-corrected chi connectivity index (χ3v) is 13.4. The van der Waals surface area contributed by atoms with Crippen molar-refractivity contribution in [1.29, 1.82) is 0 Å². The standard InChI is InChI=1S/C38H55N5O5Si2/c1-37(16-18-38(46-2,19-17-37)36(44)45)33-24-34(42(27-47-20-22-49(3,4)5)28-48-21-23-50(6,7)8)43-35(41-33)31(26-40-43)30-14-15-32(39-25-30)29-12-10-9-11-13-29/h9-15,24-26H,16-23,27-28H2,1-8H3,(H,44,45). The Morgan fingerprint density at radius 3 is 2.02 bits per heavy atom. The fraction of sp³-hybridized carbons (Fsp3) is 0.526. The topological polar surface area (TPSA) is 111 Å². The summed E-state index contributed by atoms with van der Waals surface area (Å²) in [5.74, 6) is -0.0815. The fourth-order valence-corrected chi connectivity index (χ4v) is 7.77. The molecule has 0 unspecified atom stereocenters. The van der Waals surface area contributed by atoms with Gasteiger partial charge in [-0.25, -0.2) is 9.78 Å². The summed E-state index contributed by atoms with van der Waals surface area (Å²) in [6.07, 6.45) is 5.77. The van der Waals surface area contributed by atoms with E-state index in [0.29, 0.717) is 58.0 Å². The molecule has 0 spiro atoms. The van der Waals surface area contributed by atoms with Crippen molar-refractivity contribution in [3.63, 3.8) is 0 Å². The monoisotopic (exact) mass is 717 g/mol. The van der Waals surface area contributed by atoms with Gasteiger partial charge in [0, 0.05) is 70.8 Å². The van der Waals surface area contributed by atoms with E-state index >= 15 is 0 Å². The van der Waals surface area contributed by atoms with Gasteiger partial charge in [0.05, 0.1) is 17.6 Å². The first-order chi connectivity index (χ1) is 23.6. The zero-order chi connectivity index (χ0) is 36.2. The molecule has 10 nitrogen and oxygen atoms in total. The Morgan fingerprint density at radius 2 is 1.50 bits per heavy atom. The zero-order valence-electron chi connectivity index (χ0n) is 31.2. The third-order valence-electron chi connectivity index (χ3n) is 9.97. The molecule has 0 atom stereocenters. The number of aliphatic carboxylic acids is 1. The van der Waals surface area contributed by atoms with Crippen LogP contribution in [0.5, 0.6) is 0 Å². The molecular weight excluding hydrogens is 663 g/mol. The number of methoxy groups -OCH3 is 1. The number of hydrogen-bond acceptors (Lipinski definition) is 8. The van der Waals surface area contributed by atoms with Crippen molar-refractivity contribution in [3.8, 4) is 22.4 Å². The average Bonchev–Trinajstić information content (AvgIpc) is 3.51. The summed E-state index contributed by atoms with van der Waals surface area (Å²) in [7, 11) is -1.07. The van der Waals surface area contributed by atoms with E-state index in [2.05, 4.69) is 75.4 Å². The molecule has 1 aromatic carbocycles. The maximum atomic E-state index is 12.2. The first-order valence-electron chi connectivity index (χ1n) is 17.7. The molecule has 0 radical (unpaired) electrons. The van der Waals surface area contributed by atoms with E-state index < -0.39 is 27.7 Å². The lowest BCUT2D eigenvalue weighted by atomic mass is 9.68. The molecule has 0 bridgehead atoms. The fourth-order valence-electron chi connectivity index (χ4n) is 6.26. The predicted octanol–water partition coefficient (Wildman–Crippen LogP) is 8.19. The second-order valence-corrected chi connectivity index (χ2v) is 27.6. The van der Waals surface area contributed by atoms with Crippen LogP contribution in [0.2, 0.25) is 51.4 Å². The highest BCUT2D eigenvalue weighted by Crippen LogP contribution is 2.45. The average molecular weight is 718 g/mol. The van der Waals surface area contributed by atoms with Crippen molar-refractivity contribution in [3.05, 3.63) is 66.6 Å². The van der Waals surface area contributed by atoms with Crippen LogP contribution in [0.3, 0.4) is 0 Å². The van der Waals surface area contributed by atoms with Crippen molar-refractivity contribution in [1.82, 2.24) is 19.6 Å². The van der Waals surface area contributed by atoms with Crippen molar-refractivity contribution >= 4 is 33.6 Å². The minimum Gasteiger partial charge on any atom is -0.479 e. The van der Waals surface area contributed by atoms with Gasteiger partial charge in [-0.05, 0) is 43.8 Å². The molecule has 270 valence electrons. The number of hydrogen-bond donors (Lipinski definition) is 1. The summed E-state index contributed by atoms with van der Waals surface area (Å²) in [4.78, 5) is 24.4. The summed E-state index contributed by atoms with van der Waals surface area (Å²) >= 11 is 0. The normalized spacial score (nSPS) is 19.9. The lowest BCUT2D eigenvalue weighted by Gasteiger charge is -2.41. The van der Waals surface area contributed by atoms with Crippen LogP contribution >= 0.6 is 0 Å². The number of ether oxygens (including phenoxy) is 3. The number of nitrogens with zero attached hydrogens (tertiary/aromatic N) is 5. The number of benzene rings is 1. The summed E-state index contributed by atoms with van der Waals surface area (Å²) in [5.41, 5.74) is 3.78. The highest BCUT2D eigenvalue weighted by atomic mass is 28.3. The first-order valence-corrected chi connectivity index (χ1v) is 25.1. The maximum Gasteiger partial charge on any atom is 0.335 e. The van der Waals surface area contributed by atoms with Gasteiger partial charge in [-0.2, -0.15) is 9.61 Å². The van der Waals surface area contributed by atoms with Crippen LogP contribution in [0.25, 0.3) is 28.0 Å². The number of rotatable bonds is 16. The smallest absolute Gasteiger partial charge is 0.335 e. The molecule has 50 heavy (non-hydrogen) atoms. The molecule has 1 aliphatic carbocycles. The summed E-state index contributed by atoms with van der Waals surface area (Å²) in [6.45, 7) is 18.4. The van der Waals surface area contributed by atoms with Crippen LogP contribution < -0.4 is 4.90 Å². The van der Waals surface area contributed by atoms with E-state index in [9.17, 15) is 9.90 Å². The SMILES string of the molecule is COC1(C(=O)O)CCC(C)(c2cc(N(COCC[Si](C)(C)C)COCC[Si](C)(C)C)n3ncc(-c4ccc(-c5ccccc5)nc4)c3n2)CC1. The number of carbonyl (C=O) groups is 1. The number of pyridine rings is 1. The van der Waals surface area contributed by atoms with Crippen LogP contribution in [0.15, 0.2) is 60.9 Å². The lowest BCUT2D eigenvalue weighted by molar-refractivity contribution is -0.167. The molecule has 1 fully saturated rings. The van der Waals surface area contributed by atoms with Crippen molar-refractivity contribution in [2.24, 2.45) is 0 Å². The zero-order valence-corrected chi connectivity index (χ0v) is 33.2. The Kier molecular flexibility index (Phi) is 11.7. The molecule has 12 heteroatoms. The maximum absolute atomic E-state index is 12.2. The molecule has 1 aliphatic rings. The molecule has 0 amide bonds. The quantitative estimate of drug-likeness (QED) is 0.0697. The molecule has 0 aliphatic heterocycles. The highest BCUT2D eigenvalue weighted by molar-refractivity contribution is 6.76. The van der Waals surface area contributed by atoms with Gasteiger partial charge in [0.25, 0.3) is 0 Å². The van der Waals surface area contributed by atoms with E-state index in [4.69, 9.17) is 29.3 Å². The Labute approximate surface area is 299 Å². The van der Waals surface area contributed by atoms with Crippen LogP contribution in [-0.4, -0.2) is 86.2 Å². The van der Waals surface area contributed by atoms with E-state index in [-0.39, 0.29) is 5.41 Å². The van der Waals surface area contributed by atoms with Gasteiger partial charge in [-0.1, -0.05) is 82.6 Å². The molecule has 4 aromatic rings. The minimum atomic E-state index is -1.28. The third kappa shape index (κ3) is 9.07. The van der Waals surface area contributed by atoms with E-state index in [1.54, 1.807) is 0 Å². The van der Waals surface area contributed by atoms with Gasteiger partial charge in [-0.15, -0.1) is 0 Å². The first kappa shape index (κ1) is 37.8. The van der Waals surface area contributed by atoms with Crippen LogP contribution in [0, 0.1) is 0 Å². The van der Waals surface area contributed by atoms with Gasteiger partial charge in [0.15, 0.2) is 11.2 Å². The molecule has 3 heterocycles. The van der Waals surface area contributed by atoms with Crippen molar-refractivity contribution in [2.45, 2.75) is 95.0 Å². The number of anilines is 1. The number of carboxylic acids is 1. The molecule has 5 rings (SSSR count). The van der Waals surface area contributed by atoms with Gasteiger partial charge in [0.1, 0.15) is 19.3 Å².